The van der Waals surface area contributed by atoms with E-state index in [-0.39, 0.29) is 11.6 Å². The van der Waals surface area contributed by atoms with Gasteiger partial charge in [0.05, 0.1) is 23.7 Å². The van der Waals surface area contributed by atoms with Crippen LogP contribution in [-0.4, -0.2) is 48.4 Å². The van der Waals surface area contributed by atoms with E-state index in [4.69, 9.17) is 19.9 Å². The van der Waals surface area contributed by atoms with Crippen LogP contribution in [0.5, 0.6) is 17.2 Å². The second-order valence-corrected chi connectivity index (χ2v) is 7.53. The number of carbonyl (C=O) groups excluding carboxylic acids is 2. The highest BCUT2D eigenvalue weighted by Crippen LogP contribution is 2.34. The molecule has 0 unspecified atom stereocenters. The van der Waals surface area contributed by atoms with Gasteiger partial charge in [0, 0.05) is 49.0 Å². The molecule has 2 heterocycles. The van der Waals surface area contributed by atoms with Gasteiger partial charge in [0.1, 0.15) is 17.2 Å². The van der Waals surface area contributed by atoms with Crippen molar-refractivity contribution in [3.05, 3.63) is 60.4 Å². The number of pyridine rings is 1. The number of benzene rings is 2. The number of methoxy groups -OCH3 is 1. The molecule has 2 amide bonds. The number of nitrogens with one attached hydrogen (secondary N) is 1. The lowest BCUT2D eigenvalue weighted by Gasteiger charge is -2.12. The monoisotopic (exact) mass is 462 g/mol. The van der Waals surface area contributed by atoms with Crippen LogP contribution in [0.3, 0.4) is 0 Å². The number of nitrogens with two attached hydrogens (primary N) is 1. The number of hydrogen-bond donors (Lipinski definition) is 2. The number of primary amides is 1. The van der Waals surface area contributed by atoms with Crippen molar-refractivity contribution in [3.8, 4) is 17.2 Å². The van der Waals surface area contributed by atoms with Crippen molar-refractivity contribution in [1.29, 1.82) is 0 Å². The molecule has 4 rings (SSSR count). The third-order valence-electron chi connectivity index (χ3n) is 5.34. The number of fused-ring (bicyclic) bond motifs is 2. The second-order valence-electron chi connectivity index (χ2n) is 7.53. The maximum Gasteiger partial charge on any atom is 0.326 e. The molecule has 2 aromatic heterocycles. The van der Waals surface area contributed by atoms with Crippen LogP contribution < -0.4 is 20.5 Å². The highest BCUT2D eigenvalue weighted by molar-refractivity contribution is 6.01. The van der Waals surface area contributed by atoms with E-state index in [2.05, 4.69) is 10.3 Å². The molecule has 0 aliphatic carbocycles. The lowest BCUT2D eigenvalue weighted by molar-refractivity contribution is 0.0997. The predicted molar refractivity (Wildman–Crippen MR) is 129 cm³/mol. The van der Waals surface area contributed by atoms with Gasteiger partial charge >= 0.3 is 6.03 Å². The number of nitrogens with zero attached hydrogens (tertiary/aromatic N) is 2. The number of hydrogen-bond acceptors (Lipinski definition) is 6. The first-order chi connectivity index (χ1) is 16.5. The van der Waals surface area contributed by atoms with E-state index < -0.39 is 5.91 Å². The van der Waals surface area contributed by atoms with Gasteiger partial charge in [-0.05, 0) is 49.7 Å². The van der Waals surface area contributed by atoms with E-state index in [9.17, 15) is 9.59 Å². The Morgan fingerprint density at radius 2 is 1.97 bits per heavy atom. The van der Waals surface area contributed by atoms with Gasteiger partial charge in [0.25, 0.3) is 5.91 Å². The Morgan fingerprint density at radius 1 is 1.12 bits per heavy atom. The van der Waals surface area contributed by atoms with E-state index in [1.807, 2.05) is 25.1 Å². The third-order valence-corrected chi connectivity index (χ3v) is 5.34. The molecule has 0 saturated heterocycles. The fourth-order valence-electron chi connectivity index (χ4n) is 3.69. The smallest absolute Gasteiger partial charge is 0.326 e. The van der Waals surface area contributed by atoms with Crippen LogP contribution in [-0.2, 0) is 4.74 Å². The molecule has 0 aliphatic rings. The summed E-state index contributed by atoms with van der Waals surface area (Å²) in [7, 11) is 1.47. The molecule has 0 spiro atoms. The number of aromatic nitrogens is 2. The Balaban J connectivity index is 1.57. The van der Waals surface area contributed by atoms with Crippen molar-refractivity contribution < 1.29 is 23.8 Å². The van der Waals surface area contributed by atoms with Gasteiger partial charge in [-0.15, -0.1) is 0 Å². The Hall–Kier alpha value is -4.11. The second kappa shape index (κ2) is 10.2. The van der Waals surface area contributed by atoms with Crippen LogP contribution in [0, 0.1) is 0 Å². The van der Waals surface area contributed by atoms with Gasteiger partial charge in [-0.1, -0.05) is 0 Å². The SMILES string of the molecule is CCOCCCNC(=O)n1ccc2cc(Oc3ccnc4cc(OC)c(C(N)=O)cc34)ccc21. The van der Waals surface area contributed by atoms with Gasteiger partial charge in [-0.2, -0.15) is 0 Å². The summed E-state index contributed by atoms with van der Waals surface area (Å²) >= 11 is 0. The van der Waals surface area contributed by atoms with Crippen LogP contribution in [0.15, 0.2) is 54.9 Å². The van der Waals surface area contributed by atoms with Gasteiger partial charge in [0.2, 0.25) is 0 Å². The van der Waals surface area contributed by atoms with E-state index in [0.29, 0.717) is 47.9 Å². The molecule has 4 aromatic rings. The Bertz CT molecular complexity index is 1350. The van der Waals surface area contributed by atoms with E-state index in [0.717, 1.165) is 17.3 Å². The highest BCUT2D eigenvalue weighted by Gasteiger charge is 2.15. The number of rotatable bonds is 9. The molecule has 0 aliphatic heterocycles. The molecule has 0 saturated carbocycles. The maximum atomic E-state index is 12.5. The van der Waals surface area contributed by atoms with Crippen molar-refractivity contribution in [3.63, 3.8) is 0 Å². The van der Waals surface area contributed by atoms with E-state index in [1.54, 1.807) is 41.2 Å². The highest BCUT2D eigenvalue weighted by atomic mass is 16.5. The first-order valence-electron chi connectivity index (χ1n) is 10.9. The fraction of sp³-hybridized carbons (Fsp3) is 0.240. The van der Waals surface area contributed by atoms with Crippen molar-refractivity contribution in [1.82, 2.24) is 14.9 Å². The van der Waals surface area contributed by atoms with Gasteiger partial charge in [-0.25, -0.2) is 4.79 Å². The Labute approximate surface area is 196 Å². The van der Waals surface area contributed by atoms with Crippen LogP contribution >= 0.6 is 0 Å². The maximum absolute atomic E-state index is 12.5. The minimum absolute atomic E-state index is 0.201. The van der Waals surface area contributed by atoms with Crippen molar-refractivity contribution >= 4 is 33.7 Å². The lowest BCUT2D eigenvalue weighted by Crippen LogP contribution is -2.29. The molecule has 0 atom stereocenters. The summed E-state index contributed by atoms with van der Waals surface area (Å²) in [6.07, 6.45) is 4.09. The van der Waals surface area contributed by atoms with E-state index in [1.165, 1.54) is 7.11 Å². The van der Waals surface area contributed by atoms with Crippen LogP contribution in [0.2, 0.25) is 0 Å². The Kier molecular flexibility index (Phi) is 6.93. The summed E-state index contributed by atoms with van der Waals surface area (Å²) in [5.74, 6) is 0.836. The topological polar surface area (TPSA) is 118 Å². The van der Waals surface area contributed by atoms with Crippen molar-refractivity contribution in [2.75, 3.05) is 26.9 Å². The number of amides is 2. The first-order valence-corrected chi connectivity index (χ1v) is 10.9. The average Bonchev–Trinajstić information content (AvgIpc) is 3.26. The standard InChI is InChI=1S/C25H26N4O5/c1-3-33-12-4-9-28-25(31)29-11-8-16-13-17(5-6-21(16)29)34-22-7-10-27-20-15-23(32-2)19(24(26)30)14-18(20)22/h5-8,10-11,13-15H,3-4,9,12H2,1-2H3,(H2,26,30)(H,28,31). The molecule has 9 heteroatoms. The first kappa shape index (κ1) is 23.1. The lowest BCUT2D eigenvalue weighted by atomic mass is 10.1. The predicted octanol–water partition coefficient (Wildman–Crippen LogP) is 4.07. The summed E-state index contributed by atoms with van der Waals surface area (Å²) in [5.41, 5.74) is 7.11. The van der Waals surface area contributed by atoms with E-state index >= 15 is 0 Å². The van der Waals surface area contributed by atoms with Gasteiger partial charge < -0.3 is 25.3 Å². The molecule has 0 radical (unpaired) electrons. The van der Waals surface area contributed by atoms with Crippen LogP contribution in [0.1, 0.15) is 23.7 Å². The third kappa shape index (κ3) is 4.79. The molecular formula is C25H26N4O5. The number of carbonyl (C=O) groups is 2. The molecule has 0 bridgehead atoms. The summed E-state index contributed by atoms with van der Waals surface area (Å²) in [6, 6.07) is 12.1. The Morgan fingerprint density at radius 3 is 2.74 bits per heavy atom. The van der Waals surface area contributed by atoms with Gasteiger partial charge in [-0.3, -0.25) is 14.3 Å². The quantitative estimate of drug-likeness (QED) is 0.362. The summed E-state index contributed by atoms with van der Waals surface area (Å²) in [4.78, 5) is 28.7. The molecular weight excluding hydrogens is 436 g/mol. The normalized spacial score (nSPS) is 11.0. The molecule has 34 heavy (non-hydrogen) atoms. The molecule has 0 fully saturated rings. The van der Waals surface area contributed by atoms with Crippen molar-refractivity contribution in [2.24, 2.45) is 5.73 Å². The van der Waals surface area contributed by atoms with Gasteiger partial charge in [0.15, 0.2) is 0 Å². The summed E-state index contributed by atoms with van der Waals surface area (Å²) in [5, 5.41) is 4.37. The molecule has 176 valence electrons. The molecule has 9 nitrogen and oxygen atoms in total. The zero-order chi connectivity index (χ0) is 24.1. The molecule has 3 N–H and O–H groups in total. The minimum Gasteiger partial charge on any atom is -0.496 e. The minimum atomic E-state index is -0.604. The van der Waals surface area contributed by atoms with Crippen LogP contribution in [0.4, 0.5) is 4.79 Å². The average molecular weight is 463 g/mol. The van der Waals surface area contributed by atoms with Crippen LogP contribution in [0.25, 0.3) is 21.8 Å². The zero-order valence-electron chi connectivity index (χ0n) is 19.0. The zero-order valence-corrected chi connectivity index (χ0v) is 19.0. The summed E-state index contributed by atoms with van der Waals surface area (Å²) < 4.78 is 18.2. The molecule has 2 aromatic carbocycles. The fourth-order valence-corrected chi connectivity index (χ4v) is 3.69. The summed E-state index contributed by atoms with van der Waals surface area (Å²) in [6.45, 7) is 3.75. The van der Waals surface area contributed by atoms with Crippen molar-refractivity contribution in [2.45, 2.75) is 13.3 Å². The number of ether oxygens (including phenoxy) is 3. The largest absolute Gasteiger partial charge is 0.496 e.